The molecular formula is C55H37BrN2O2. The molecule has 0 N–H and O–H groups in total. The van der Waals surface area contributed by atoms with Crippen molar-refractivity contribution in [2.24, 2.45) is 0 Å². The third-order valence-electron chi connectivity index (χ3n) is 11.6. The third kappa shape index (κ3) is 5.97. The maximum Gasteiger partial charge on any atom is 0.134 e. The van der Waals surface area contributed by atoms with E-state index in [0.717, 1.165) is 67.0 Å². The first-order valence-corrected chi connectivity index (χ1v) is 20.9. The fourth-order valence-electron chi connectivity index (χ4n) is 9.15. The molecule has 1 aliphatic heterocycles. The maximum atomic E-state index is 7.03. The molecule has 0 aromatic heterocycles. The van der Waals surface area contributed by atoms with Gasteiger partial charge >= 0.3 is 0 Å². The van der Waals surface area contributed by atoms with Crippen molar-refractivity contribution in [2.75, 3.05) is 9.80 Å². The second-order valence-electron chi connectivity index (χ2n) is 15.0. The maximum absolute atomic E-state index is 7.03. The number of halogens is 1. The van der Waals surface area contributed by atoms with E-state index in [1.54, 1.807) is 0 Å². The van der Waals surface area contributed by atoms with E-state index in [1.807, 2.05) is 42.5 Å². The fourth-order valence-corrected chi connectivity index (χ4v) is 9.49. The van der Waals surface area contributed by atoms with E-state index in [0.29, 0.717) is 5.75 Å². The number of rotatable bonds is 8. The van der Waals surface area contributed by atoms with Crippen LogP contribution >= 0.6 is 15.9 Å². The average Bonchev–Trinajstić information content (AvgIpc) is 3.58. The topological polar surface area (TPSA) is 24.9 Å². The number of benzene rings is 9. The standard InChI is InChI=1S/C55H37BrN2O2/c56-38-29-31-51-53(33-38)60-54-37-42(30-32-52(54)55(51)49-27-15-13-25-47(49)48-26-14-16-28-50(48)55)58(41-21-9-3-10-22-41)44-34-43(35-46(36-44)59-45-23-11-4-12-24-45)57(39-17-5-1-6-18-39)40-19-7-2-8-20-40/h1-37H. The molecular weight excluding hydrogens is 801 g/mol. The van der Waals surface area contributed by atoms with E-state index in [4.69, 9.17) is 9.47 Å². The van der Waals surface area contributed by atoms with Gasteiger partial charge in [0.05, 0.1) is 16.8 Å². The Hall–Kier alpha value is -7.34. The van der Waals surface area contributed by atoms with Crippen LogP contribution in [0, 0.1) is 0 Å². The van der Waals surface area contributed by atoms with Crippen molar-refractivity contribution in [3.8, 4) is 34.1 Å². The molecule has 0 radical (unpaired) electrons. The van der Waals surface area contributed by atoms with Crippen LogP contribution in [0.2, 0.25) is 0 Å². The molecule has 5 heteroatoms. The first kappa shape index (κ1) is 35.8. The Kier molecular flexibility index (Phi) is 8.83. The minimum absolute atomic E-state index is 0.574. The molecule has 1 heterocycles. The second kappa shape index (κ2) is 14.8. The molecule has 9 aromatic carbocycles. The Balaban J connectivity index is 1.14. The van der Waals surface area contributed by atoms with Crippen LogP contribution in [0.5, 0.6) is 23.0 Å². The summed E-state index contributed by atoms with van der Waals surface area (Å²) in [6, 6.07) is 78.7. The summed E-state index contributed by atoms with van der Waals surface area (Å²) in [6.45, 7) is 0. The van der Waals surface area contributed by atoms with Crippen LogP contribution in [0.15, 0.2) is 229 Å². The van der Waals surface area contributed by atoms with E-state index in [1.165, 1.54) is 22.3 Å². The number of anilines is 6. The molecule has 0 bridgehead atoms. The van der Waals surface area contributed by atoms with Gasteiger partial charge in [-0.2, -0.15) is 0 Å². The Bertz CT molecular complexity index is 2930. The zero-order chi connectivity index (χ0) is 40.0. The highest BCUT2D eigenvalue weighted by Gasteiger charge is 2.51. The van der Waals surface area contributed by atoms with Crippen LogP contribution < -0.4 is 19.3 Å². The average molecular weight is 838 g/mol. The van der Waals surface area contributed by atoms with E-state index in [9.17, 15) is 0 Å². The summed E-state index contributed by atoms with van der Waals surface area (Å²) < 4.78 is 14.7. The van der Waals surface area contributed by atoms with Crippen LogP contribution in [-0.4, -0.2) is 0 Å². The van der Waals surface area contributed by atoms with Gasteiger partial charge in [0.15, 0.2) is 0 Å². The van der Waals surface area contributed by atoms with Gasteiger partial charge in [-0.05, 0) is 95.1 Å². The number of hydrogen-bond donors (Lipinski definition) is 0. The number of ether oxygens (including phenoxy) is 2. The number of hydrogen-bond acceptors (Lipinski definition) is 4. The molecule has 2 aliphatic rings. The van der Waals surface area contributed by atoms with Gasteiger partial charge in [0.2, 0.25) is 0 Å². The highest BCUT2D eigenvalue weighted by atomic mass is 79.9. The smallest absolute Gasteiger partial charge is 0.134 e. The van der Waals surface area contributed by atoms with Crippen LogP contribution in [0.25, 0.3) is 11.1 Å². The molecule has 0 atom stereocenters. The molecule has 9 aromatic rings. The Morgan fingerprint density at radius 2 is 0.800 bits per heavy atom. The van der Waals surface area contributed by atoms with E-state index in [2.05, 4.69) is 208 Å². The largest absolute Gasteiger partial charge is 0.457 e. The lowest BCUT2D eigenvalue weighted by atomic mass is 9.66. The quantitative estimate of drug-likeness (QED) is 0.152. The first-order valence-electron chi connectivity index (χ1n) is 20.1. The van der Waals surface area contributed by atoms with E-state index >= 15 is 0 Å². The summed E-state index contributed by atoms with van der Waals surface area (Å²) in [4.78, 5) is 4.56. The Morgan fingerprint density at radius 3 is 1.35 bits per heavy atom. The minimum atomic E-state index is -0.574. The summed E-state index contributed by atoms with van der Waals surface area (Å²) in [5.74, 6) is 3.09. The molecule has 0 saturated carbocycles. The van der Waals surface area contributed by atoms with Crippen molar-refractivity contribution < 1.29 is 9.47 Å². The zero-order valence-corrected chi connectivity index (χ0v) is 34.0. The van der Waals surface area contributed by atoms with Gasteiger partial charge in [-0.25, -0.2) is 0 Å². The van der Waals surface area contributed by atoms with Crippen LogP contribution in [0.3, 0.4) is 0 Å². The van der Waals surface area contributed by atoms with Gasteiger partial charge in [0.1, 0.15) is 23.0 Å². The fraction of sp³-hybridized carbons (Fsp3) is 0.0182. The van der Waals surface area contributed by atoms with E-state index < -0.39 is 5.41 Å². The van der Waals surface area contributed by atoms with Crippen molar-refractivity contribution in [1.82, 2.24) is 0 Å². The highest BCUT2D eigenvalue weighted by molar-refractivity contribution is 9.10. The molecule has 1 spiro atoms. The molecule has 0 fully saturated rings. The zero-order valence-electron chi connectivity index (χ0n) is 32.5. The van der Waals surface area contributed by atoms with Gasteiger partial charge in [-0.15, -0.1) is 0 Å². The lowest BCUT2D eigenvalue weighted by molar-refractivity contribution is 0.436. The van der Waals surface area contributed by atoms with Crippen molar-refractivity contribution in [2.45, 2.75) is 5.41 Å². The number of fused-ring (bicyclic) bond motifs is 9. The van der Waals surface area contributed by atoms with Crippen LogP contribution in [0.1, 0.15) is 22.3 Å². The minimum Gasteiger partial charge on any atom is -0.457 e. The molecule has 0 unspecified atom stereocenters. The third-order valence-corrected chi connectivity index (χ3v) is 12.1. The van der Waals surface area contributed by atoms with Gasteiger partial charge < -0.3 is 19.3 Å². The van der Waals surface area contributed by atoms with Crippen LogP contribution in [-0.2, 0) is 5.41 Å². The molecule has 0 saturated heterocycles. The molecule has 286 valence electrons. The summed E-state index contributed by atoms with van der Waals surface area (Å²) in [6.07, 6.45) is 0. The van der Waals surface area contributed by atoms with E-state index in [-0.39, 0.29) is 0 Å². The number of nitrogens with zero attached hydrogens (tertiary/aromatic N) is 2. The molecule has 1 aliphatic carbocycles. The predicted octanol–water partition coefficient (Wildman–Crippen LogP) is 15.6. The van der Waals surface area contributed by atoms with Crippen LogP contribution in [0.4, 0.5) is 34.1 Å². The lowest BCUT2D eigenvalue weighted by Crippen LogP contribution is -2.32. The molecule has 60 heavy (non-hydrogen) atoms. The normalized spacial score (nSPS) is 12.7. The van der Waals surface area contributed by atoms with Crippen molar-refractivity contribution in [1.29, 1.82) is 0 Å². The number of para-hydroxylation sites is 4. The SMILES string of the molecule is Brc1ccc2c(c1)Oc1cc(N(c3ccccc3)c3cc(Oc4ccccc4)cc(N(c4ccccc4)c4ccccc4)c3)ccc1C21c2ccccc2-c2ccccc21. The molecule has 11 rings (SSSR count). The predicted molar refractivity (Wildman–Crippen MR) is 247 cm³/mol. The van der Waals surface area contributed by atoms with Gasteiger partial charge in [-0.3, -0.25) is 0 Å². The molecule has 4 nitrogen and oxygen atoms in total. The van der Waals surface area contributed by atoms with Gasteiger partial charge in [0, 0.05) is 56.5 Å². The second-order valence-corrected chi connectivity index (χ2v) is 16.0. The summed E-state index contributed by atoms with van der Waals surface area (Å²) in [5, 5.41) is 0. The monoisotopic (exact) mass is 836 g/mol. The van der Waals surface area contributed by atoms with Gasteiger partial charge in [-0.1, -0.05) is 149 Å². The lowest BCUT2D eigenvalue weighted by Gasteiger charge is -2.40. The molecule has 0 amide bonds. The first-order chi connectivity index (χ1) is 29.6. The van der Waals surface area contributed by atoms with Gasteiger partial charge in [0.25, 0.3) is 0 Å². The Labute approximate surface area is 358 Å². The van der Waals surface area contributed by atoms with Crippen molar-refractivity contribution in [3.63, 3.8) is 0 Å². The van der Waals surface area contributed by atoms with Crippen molar-refractivity contribution >= 4 is 50.1 Å². The summed E-state index contributed by atoms with van der Waals surface area (Å²) in [5.41, 5.74) is 12.5. The summed E-state index contributed by atoms with van der Waals surface area (Å²) >= 11 is 3.77. The Morgan fingerprint density at radius 1 is 0.350 bits per heavy atom. The van der Waals surface area contributed by atoms with Crippen molar-refractivity contribution in [3.05, 3.63) is 251 Å². The highest BCUT2D eigenvalue weighted by Crippen LogP contribution is 2.62. The summed E-state index contributed by atoms with van der Waals surface area (Å²) in [7, 11) is 0.